The van der Waals surface area contributed by atoms with E-state index in [1.54, 1.807) is 24.9 Å². The minimum Gasteiger partial charge on any atom is -0.336 e. The Kier molecular flexibility index (Phi) is 3.48. The van der Waals surface area contributed by atoms with E-state index >= 15 is 0 Å². The van der Waals surface area contributed by atoms with Crippen LogP contribution in [0, 0.1) is 6.92 Å². The first kappa shape index (κ1) is 16.5. The molecule has 0 unspecified atom stereocenters. The van der Waals surface area contributed by atoms with E-state index in [0.717, 1.165) is 50.3 Å². The number of hydrogen-bond donors (Lipinski definition) is 2. The molecule has 0 aliphatic carbocycles. The number of nitrogens with zero attached hydrogens (tertiary/aromatic N) is 7. The molecular formula is C21H15N9. The van der Waals surface area contributed by atoms with Crippen LogP contribution in [0.1, 0.15) is 5.69 Å². The van der Waals surface area contributed by atoms with E-state index in [1.807, 2.05) is 35.9 Å². The van der Waals surface area contributed by atoms with Gasteiger partial charge in [-0.05, 0) is 30.7 Å². The van der Waals surface area contributed by atoms with Crippen LogP contribution in [-0.4, -0.2) is 44.7 Å². The number of H-pyrrole nitrogens is 2. The van der Waals surface area contributed by atoms with Crippen LogP contribution in [0.25, 0.3) is 50.4 Å². The molecule has 6 aromatic rings. The van der Waals surface area contributed by atoms with Crippen molar-refractivity contribution in [2.75, 3.05) is 0 Å². The molecule has 144 valence electrons. The van der Waals surface area contributed by atoms with E-state index in [2.05, 4.69) is 41.2 Å². The molecule has 2 N–H and O–H groups in total. The van der Waals surface area contributed by atoms with Gasteiger partial charge < -0.3 is 4.98 Å². The van der Waals surface area contributed by atoms with Gasteiger partial charge in [-0.15, -0.1) is 0 Å². The van der Waals surface area contributed by atoms with E-state index in [0.29, 0.717) is 5.82 Å². The SMILES string of the molecule is Cc1cn(-c2nccc3[nH]c(-c4n[nH]c5ccc(-c6cncnc6)cc45)nc23)cn1. The smallest absolute Gasteiger partial charge is 0.166 e. The molecule has 0 saturated heterocycles. The molecule has 9 heteroatoms. The summed E-state index contributed by atoms with van der Waals surface area (Å²) in [5.74, 6) is 1.39. The molecule has 9 nitrogen and oxygen atoms in total. The number of imidazole rings is 2. The van der Waals surface area contributed by atoms with Crippen molar-refractivity contribution in [1.29, 1.82) is 0 Å². The van der Waals surface area contributed by atoms with Crippen molar-refractivity contribution in [3.05, 3.63) is 67.4 Å². The molecule has 0 saturated carbocycles. The van der Waals surface area contributed by atoms with Gasteiger partial charge in [0.1, 0.15) is 23.9 Å². The highest BCUT2D eigenvalue weighted by molar-refractivity contribution is 5.96. The predicted molar refractivity (Wildman–Crippen MR) is 112 cm³/mol. The van der Waals surface area contributed by atoms with Crippen molar-refractivity contribution >= 4 is 21.9 Å². The Balaban J connectivity index is 1.52. The summed E-state index contributed by atoms with van der Waals surface area (Å²) in [4.78, 5) is 25.2. The molecule has 5 aromatic heterocycles. The van der Waals surface area contributed by atoms with Crippen LogP contribution in [0.5, 0.6) is 0 Å². The molecule has 0 spiro atoms. The van der Waals surface area contributed by atoms with Gasteiger partial charge in [-0.2, -0.15) is 5.10 Å². The summed E-state index contributed by atoms with van der Waals surface area (Å²) in [6.07, 6.45) is 10.5. The highest BCUT2D eigenvalue weighted by Gasteiger charge is 2.16. The summed E-state index contributed by atoms with van der Waals surface area (Å²) < 4.78 is 1.87. The molecule has 1 aromatic carbocycles. The first-order valence-corrected chi connectivity index (χ1v) is 9.36. The van der Waals surface area contributed by atoms with E-state index in [9.17, 15) is 0 Å². The summed E-state index contributed by atoms with van der Waals surface area (Å²) in [7, 11) is 0. The zero-order valence-corrected chi connectivity index (χ0v) is 15.9. The van der Waals surface area contributed by atoms with Crippen LogP contribution in [0.15, 0.2) is 61.7 Å². The topological polar surface area (TPSA) is 114 Å². The largest absolute Gasteiger partial charge is 0.336 e. The molecule has 0 fully saturated rings. The van der Waals surface area contributed by atoms with Crippen molar-refractivity contribution in [2.24, 2.45) is 0 Å². The van der Waals surface area contributed by atoms with Crippen molar-refractivity contribution in [3.8, 4) is 28.5 Å². The molecule has 0 atom stereocenters. The van der Waals surface area contributed by atoms with Gasteiger partial charge >= 0.3 is 0 Å². The van der Waals surface area contributed by atoms with Crippen LogP contribution in [0.2, 0.25) is 0 Å². The van der Waals surface area contributed by atoms with E-state index < -0.39 is 0 Å². The fourth-order valence-corrected chi connectivity index (χ4v) is 3.58. The minimum absolute atomic E-state index is 0.670. The van der Waals surface area contributed by atoms with Crippen molar-refractivity contribution in [1.82, 2.24) is 44.7 Å². The summed E-state index contributed by atoms with van der Waals surface area (Å²) in [6, 6.07) is 7.99. The molecule has 0 bridgehead atoms. The first-order chi connectivity index (χ1) is 14.8. The summed E-state index contributed by atoms with van der Waals surface area (Å²) in [5, 5.41) is 8.56. The predicted octanol–water partition coefficient (Wildman–Crippen LogP) is 3.45. The zero-order chi connectivity index (χ0) is 20.1. The van der Waals surface area contributed by atoms with E-state index in [-0.39, 0.29) is 0 Å². The fourth-order valence-electron chi connectivity index (χ4n) is 3.58. The van der Waals surface area contributed by atoms with E-state index in [4.69, 9.17) is 4.98 Å². The molecule has 0 amide bonds. The second-order valence-electron chi connectivity index (χ2n) is 7.00. The Labute approximate surface area is 169 Å². The standard InChI is InChI=1S/C21H15N9/c1-12-9-30(11-25-12)21-19-17(4-5-24-21)26-20(27-19)18-15-6-13(2-3-16(15)28-29-18)14-7-22-10-23-8-14/h2-11H,1H3,(H,26,27)(H,28,29). The van der Waals surface area contributed by atoms with E-state index in [1.165, 1.54) is 6.33 Å². The molecule has 0 aliphatic rings. The van der Waals surface area contributed by atoms with Gasteiger partial charge in [0, 0.05) is 35.7 Å². The van der Waals surface area contributed by atoms with Crippen LogP contribution in [0.3, 0.4) is 0 Å². The van der Waals surface area contributed by atoms with Crippen molar-refractivity contribution in [3.63, 3.8) is 0 Å². The Morgan fingerprint density at radius 3 is 2.70 bits per heavy atom. The molecule has 0 aliphatic heterocycles. The summed E-state index contributed by atoms with van der Waals surface area (Å²) in [6.45, 7) is 1.94. The Bertz CT molecular complexity index is 1510. The van der Waals surface area contributed by atoms with Crippen LogP contribution in [-0.2, 0) is 0 Å². The second kappa shape index (κ2) is 6.31. The number of nitrogens with one attached hydrogen (secondary N) is 2. The van der Waals surface area contributed by atoms with Gasteiger partial charge in [0.05, 0.1) is 16.7 Å². The molecule has 30 heavy (non-hydrogen) atoms. The maximum absolute atomic E-state index is 4.82. The lowest BCUT2D eigenvalue weighted by molar-refractivity contribution is 1.00. The lowest BCUT2D eigenvalue weighted by Crippen LogP contribution is -1.95. The number of rotatable bonds is 3. The number of hydrogen-bond acceptors (Lipinski definition) is 6. The van der Waals surface area contributed by atoms with Gasteiger partial charge in [-0.3, -0.25) is 9.67 Å². The van der Waals surface area contributed by atoms with Gasteiger partial charge in [0.2, 0.25) is 0 Å². The van der Waals surface area contributed by atoms with Gasteiger partial charge in [0.25, 0.3) is 0 Å². The number of fused-ring (bicyclic) bond motifs is 2. The van der Waals surface area contributed by atoms with Crippen LogP contribution >= 0.6 is 0 Å². The third-order valence-corrected chi connectivity index (χ3v) is 5.02. The Morgan fingerprint density at radius 2 is 1.87 bits per heavy atom. The van der Waals surface area contributed by atoms with Crippen LogP contribution < -0.4 is 0 Å². The Hall–Kier alpha value is -4.40. The lowest BCUT2D eigenvalue weighted by atomic mass is 10.1. The lowest BCUT2D eigenvalue weighted by Gasteiger charge is -2.01. The highest BCUT2D eigenvalue weighted by atomic mass is 15.2. The van der Waals surface area contributed by atoms with Gasteiger partial charge in [0.15, 0.2) is 11.6 Å². The van der Waals surface area contributed by atoms with Crippen molar-refractivity contribution < 1.29 is 0 Å². The minimum atomic E-state index is 0.670. The summed E-state index contributed by atoms with van der Waals surface area (Å²) >= 11 is 0. The molecule has 0 radical (unpaired) electrons. The second-order valence-corrected chi connectivity index (χ2v) is 7.00. The first-order valence-electron chi connectivity index (χ1n) is 9.36. The number of aryl methyl sites for hydroxylation is 1. The fraction of sp³-hybridized carbons (Fsp3) is 0.0476. The molecule has 6 rings (SSSR count). The quantitative estimate of drug-likeness (QED) is 0.476. The van der Waals surface area contributed by atoms with Crippen molar-refractivity contribution in [2.45, 2.75) is 6.92 Å². The third-order valence-electron chi connectivity index (χ3n) is 5.02. The highest BCUT2D eigenvalue weighted by Crippen LogP contribution is 2.30. The average molecular weight is 393 g/mol. The number of aromatic nitrogens is 9. The average Bonchev–Trinajstić information content (AvgIpc) is 3.51. The number of benzene rings is 1. The van der Waals surface area contributed by atoms with Gasteiger partial charge in [-0.25, -0.2) is 24.9 Å². The number of aromatic amines is 2. The third kappa shape index (κ3) is 2.56. The molecule has 5 heterocycles. The van der Waals surface area contributed by atoms with Crippen LogP contribution in [0.4, 0.5) is 0 Å². The maximum Gasteiger partial charge on any atom is 0.166 e. The normalized spacial score (nSPS) is 11.5. The summed E-state index contributed by atoms with van der Waals surface area (Å²) in [5.41, 5.74) is 6.18. The molecular weight excluding hydrogens is 378 g/mol. The monoisotopic (exact) mass is 393 g/mol. The van der Waals surface area contributed by atoms with Gasteiger partial charge in [-0.1, -0.05) is 6.07 Å². The zero-order valence-electron chi connectivity index (χ0n) is 15.9. The maximum atomic E-state index is 4.82. The number of pyridine rings is 1. The Morgan fingerprint density at radius 1 is 0.967 bits per heavy atom.